The molecule has 1 aromatic carbocycles. The molecule has 0 amide bonds. The molecule has 8 nitrogen and oxygen atoms in total. The quantitative estimate of drug-likeness (QED) is 0.520. The number of H-pyrrole nitrogens is 1. The molecule has 0 aliphatic carbocycles. The zero-order valence-corrected chi connectivity index (χ0v) is 15.4. The Labute approximate surface area is 160 Å². The molecule has 0 saturated carbocycles. The molecule has 1 atom stereocenters. The highest BCUT2D eigenvalue weighted by molar-refractivity contribution is 5.93. The van der Waals surface area contributed by atoms with Gasteiger partial charge in [0.05, 0.1) is 17.2 Å². The molecular formula is C20H17N7O. The van der Waals surface area contributed by atoms with Crippen LogP contribution in [0.4, 0.5) is 0 Å². The van der Waals surface area contributed by atoms with Gasteiger partial charge in [0.1, 0.15) is 28.8 Å². The number of hydrogen-bond donors (Lipinski definition) is 1. The number of aromatic nitrogens is 7. The van der Waals surface area contributed by atoms with Crippen LogP contribution in [0.3, 0.4) is 0 Å². The van der Waals surface area contributed by atoms with Gasteiger partial charge in [-0.3, -0.25) is 24.7 Å². The highest BCUT2D eigenvalue weighted by Crippen LogP contribution is 2.31. The second kappa shape index (κ2) is 6.41. The van der Waals surface area contributed by atoms with E-state index in [4.69, 9.17) is 4.74 Å². The van der Waals surface area contributed by atoms with Crippen LogP contribution in [-0.2, 0) is 7.05 Å². The van der Waals surface area contributed by atoms with Gasteiger partial charge in [-0.25, -0.2) is 0 Å². The number of fused-ring (bicyclic) bond motifs is 2. The van der Waals surface area contributed by atoms with Gasteiger partial charge in [-0.1, -0.05) is 0 Å². The standard InChI is InChI=1S/C20H17N7O/c1-12(18-20-17(5-6-22-18)21-7-8-23-20)28-14-3-4-16-15(9-14)19(26-25-16)13-10-24-27(2)11-13/h3-12H,1-2H3,(H,25,26). The summed E-state index contributed by atoms with van der Waals surface area (Å²) in [5, 5.41) is 12.7. The molecule has 138 valence electrons. The Hall–Kier alpha value is -3.81. The van der Waals surface area contributed by atoms with Crippen LogP contribution >= 0.6 is 0 Å². The topological polar surface area (TPSA) is 94.4 Å². The van der Waals surface area contributed by atoms with Crippen molar-refractivity contribution in [3.63, 3.8) is 0 Å². The van der Waals surface area contributed by atoms with Gasteiger partial charge in [0.15, 0.2) is 0 Å². The van der Waals surface area contributed by atoms with Gasteiger partial charge in [-0.05, 0) is 31.2 Å². The molecular weight excluding hydrogens is 354 g/mol. The van der Waals surface area contributed by atoms with Crippen LogP contribution in [-0.4, -0.2) is 34.9 Å². The van der Waals surface area contributed by atoms with Crippen LogP contribution in [0.1, 0.15) is 18.7 Å². The maximum Gasteiger partial charge on any atom is 0.140 e. The molecule has 4 heterocycles. The summed E-state index contributed by atoms with van der Waals surface area (Å²) in [7, 11) is 1.88. The van der Waals surface area contributed by atoms with E-state index in [1.54, 1.807) is 29.5 Å². The molecule has 8 heteroatoms. The van der Waals surface area contributed by atoms with Crippen molar-refractivity contribution < 1.29 is 4.74 Å². The number of ether oxygens (including phenoxy) is 1. The molecule has 5 rings (SSSR count). The summed E-state index contributed by atoms with van der Waals surface area (Å²) in [5.41, 5.74) is 5.03. The second-order valence-electron chi connectivity index (χ2n) is 6.56. The van der Waals surface area contributed by atoms with E-state index in [2.05, 4.69) is 30.2 Å². The molecule has 28 heavy (non-hydrogen) atoms. The highest BCUT2D eigenvalue weighted by Gasteiger charge is 2.16. The summed E-state index contributed by atoms with van der Waals surface area (Å²) in [4.78, 5) is 13.2. The molecule has 0 aliphatic rings. The zero-order valence-electron chi connectivity index (χ0n) is 15.4. The fourth-order valence-corrected chi connectivity index (χ4v) is 3.30. The lowest BCUT2D eigenvalue weighted by molar-refractivity contribution is 0.224. The van der Waals surface area contributed by atoms with Gasteiger partial charge < -0.3 is 4.74 Å². The van der Waals surface area contributed by atoms with E-state index in [1.807, 2.05) is 44.4 Å². The van der Waals surface area contributed by atoms with Gasteiger partial charge in [0, 0.05) is 42.8 Å². The minimum atomic E-state index is -0.286. The third kappa shape index (κ3) is 2.75. The Morgan fingerprint density at radius 3 is 2.82 bits per heavy atom. The Bertz CT molecular complexity index is 1280. The summed E-state index contributed by atoms with van der Waals surface area (Å²) in [6.07, 6.45) is 8.51. The van der Waals surface area contributed by atoms with Gasteiger partial charge in [0.25, 0.3) is 0 Å². The molecule has 1 N–H and O–H groups in total. The summed E-state index contributed by atoms with van der Waals surface area (Å²) in [5.74, 6) is 0.731. The molecule has 0 spiro atoms. The van der Waals surface area contributed by atoms with E-state index in [1.165, 1.54) is 0 Å². The lowest BCUT2D eigenvalue weighted by Gasteiger charge is -2.15. The number of pyridine rings is 1. The summed E-state index contributed by atoms with van der Waals surface area (Å²) in [6.45, 7) is 1.96. The van der Waals surface area contributed by atoms with Crippen LogP contribution in [0.15, 0.2) is 55.2 Å². The largest absolute Gasteiger partial charge is 0.484 e. The number of aromatic amines is 1. The molecule has 5 aromatic rings. The van der Waals surface area contributed by atoms with Crippen LogP contribution in [0.25, 0.3) is 33.2 Å². The third-order valence-electron chi connectivity index (χ3n) is 4.63. The second-order valence-corrected chi connectivity index (χ2v) is 6.56. The van der Waals surface area contributed by atoms with E-state index >= 15 is 0 Å². The van der Waals surface area contributed by atoms with E-state index < -0.39 is 0 Å². The number of aryl methyl sites for hydroxylation is 1. The van der Waals surface area contributed by atoms with Crippen LogP contribution < -0.4 is 4.74 Å². The van der Waals surface area contributed by atoms with Crippen LogP contribution in [0, 0.1) is 0 Å². The van der Waals surface area contributed by atoms with Crippen molar-refractivity contribution in [1.82, 2.24) is 34.9 Å². The van der Waals surface area contributed by atoms with Crippen molar-refractivity contribution in [2.45, 2.75) is 13.0 Å². The van der Waals surface area contributed by atoms with Crippen molar-refractivity contribution in [2.24, 2.45) is 7.05 Å². The molecule has 0 fully saturated rings. The van der Waals surface area contributed by atoms with Crippen LogP contribution in [0.2, 0.25) is 0 Å². The first-order valence-electron chi connectivity index (χ1n) is 8.88. The van der Waals surface area contributed by atoms with Crippen molar-refractivity contribution >= 4 is 21.9 Å². The van der Waals surface area contributed by atoms with Gasteiger partial charge in [-0.15, -0.1) is 0 Å². The predicted molar refractivity (Wildman–Crippen MR) is 105 cm³/mol. The van der Waals surface area contributed by atoms with Crippen molar-refractivity contribution in [3.05, 3.63) is 60.9 Å². The Balaban J connectivity index is 1.51. The number of hydrogen-bond acceptors (Lipinski definition) is 6. The molecule has 4 aromatic heterocycles. The summed E-state index contributed by atoms with van der Waals surface area (Å²) >= 11 is 0. The maximum atomic E-state index is 6.19. The van der Waals surface area contributed by atoms with Crippen molar-refractivity contribution in [3.8, 4) is 17.0 Å². The SMILES string of the molecule is CC(Oc1ccc2[nH]nc(-c3cnn(C)c3)c2c1)c1nccc2nccnc12. The summed E-state index contributed by atoms with van der Waals surface area (Å²) in [6, 6.07) is 7.70. The van der Waals surface area contributed by atoms with E-state index in [0.29, 0.717) is 0 Å². The average Bonchev–Trinajstić information content (AvgIpc) is 3.33. The molecule has 0 aliphatic heterocycles. The van der Waals surface area contributed by atoms with Gasteiger partial charge in [0.2, 0.25) is 0 Å². The van der Waals surface area contributed by atoms with Crippen molar-refractivity contribution in [2.75, 3.05) is 0 Å². The lowest BCUT2D eigenvalue weighted by Crippen LogP contribution is -2.07. The van der Waals surface area contributed by atoms with E-state index in [0.717, 1.165) is 44.6 Å². The Morgan fingerprint density at radius 1 is 1.07 bits per heavy atom. The fourth-order valence-electron chi connectivity index (χ4n) is 3.30. The van der Waals surface area contributed by atoms with E-state index in [-0.39, 0.29) is 6.10 Å². The highest BCUT2D eigenvalue weighted by atomic mass is 16.5. The number of nitrogens with zero attached hydrogens (tertiary/aromatic N) is 6. The lowest BCUT2D eigenvalue weighted by atomic mass is 10.1. The molecule has 1 unspecified atom stereocenters. The maximum absolute atomic E-state index is 6.19. The molecule has 0 radical (unpaired) electrons. The van der Waals surface area contributed by atoms with Gasteiger partial charge >= 0.3 is 0 Å². The fraction of sp³-hybridized carbons (Fsp3) is 0.150. The predicted octanol–water partition coefficient (Wildman–Crippen LogP) is 3.44. The smallest absolute Gasteiger partial charge is 0.140 e. The Kier molecular flexibility index (Phi) is 3.75. The van der Waals surface area contributed by atoms with E-state index in [9.17, 15) is 0 Å². The number of benzene rings is 1. The average molecular weight is 371 g/mol. The zero-order chi connectivity index (χ0) is 19.1. The third-order valence-corrected chi connectivity index (χ3v) is 4.63. The minimum Gasteiger partial charge on any atom is -0.484 e. The monoisotopic (exact) mass is 371 g/mol. The van der Waals surface area contributed by atoms with Crippen molar-refractivity contribution in [1.29, 1.82) is 0 Å². The number of rotatable bonds is 4. The van der Waals surface area contributed by atoms with Gasteiger partial charge in [-0.2, -0.15) is 10.2 Å². The normalized spacial score (nSPS) is 12.5. The summed E-state index contributed by atoms with van der Waals surface area (Å²) < 4.78 is 7.94. The minimum absolute atomic E-state index is 0.286. The number of nitrogens with one attached hydrogen (secondary N) is 1. The molecule has 0 saturated heterocycles. The Morgan fingerprint density at radius 2 is 1.96 bits per heavy atom. The first-order chi connectivity index (χ1) is 13.7. The first kappa shape index (κ1) is 16.4. The van der Waals surface area contributed by atoms with Crippen LogP contribution in [0.5, 0.6) is 5.75 Å². The first-order valence-corrected chi connectivity index (χ1v) is 8.88. The molecule has 0 bridgehead atoms.